The number of benzene rings is 9. The molecule has 12 rings (SSSR count). The van der Waals surface area contributed by atoms with Crippen LogP contribution in [0.25, 0.3) is 55.6 Å². The van der Waals surface area contributed by atoms with Gasteiger partial charge in [0.05, 0.1) is 16.8 Å². The highest BCUT2D eigenvalue weighted by molar-refractivity contribution is 5.99. The number of hydrogen-bond acceptors (Lipinski definition) is 2. The molecule has 0 saturated carbocycles. The van der Waals surface area contributed by atoms with Gasteiger partial charge in [0.1, 0.15) is 0 Å². The van der Waals surface area contributed by atoms with E-state index in [9.17, 15) is 0 Å². The number of anilines is 3. The monoisotopic (exact) mass is 725 g/mol. The summed E-state index contributed by atoms with van der Waals surface area (Å²) in [5.41, 5.74) is 20.1. The van der Waals surface area contributed by atoms with Gasteiger partial charge in [0, 0.05) is 5.69 Å². The second-order valence-corrected chi connectivity index (χ2v) is 15.2. The van der Waals surface area contributed by atoms with Crippen LogP contribution in [0.5, 0.6) is 11.5 Å². The molecule has 2 nitrogen and oxygen atoms in total. The van der Waals surface area contributed by atoms with Crippen LogP contribution >= 0.6 is 0 Å². The summed E-state index contributed by atoms with van der Waals surface area (Å²) in [6, 6.07) is 77.7. The van der Waals surface area contributed by atoms with E-state index in [1.54, 1.807) is 0 Å². The maximum absolute atomic E-state index is 6.48. The molecule has 0 bridgehead atoms. The smallest absolute Gasteiger partial charge is 0.151 e. The minimum absolute atomic E-state index is 0.600. The van der Waals surface area contributed by atoms with Crippen LogP contribution < -0.4 is 9.64 Å². The average Bonchev–Trinajstić information content (AvgIpc) is 3.74. The topological polar surface area (TPSA) is 12.5 Å². The van der Waals surface area contributed by atoms with E-state index in [1.165, 1.54) is 77.9 Å². The van der Waals surface area contributed by atoms with Gasteiger partial charge in [-0.15, -0.1) is 0 Å². The molecule has 57 heavy (non-hydrogen) atoms. The van der Waals surface area contributed by atoms with Crippen molar-refractivity contribution in [3.05, 3.63) is 235 Å². The summed E-state index contributed by atoms with van der Waals surface area (Å²) in [7, 11) is 0. The van der Waals surface area contributed by atoms with Gasteiger partial charge in [0.25, 0.3) is 0 Å². The van der Waals surface area contributed by atoms with Crippen molar-refractivity contribution in [3.8, 4) is 67.1 Å². The zero-order valence-corrected chi connectivity index (χ0v) is 31.1. The standard InChI is InChI=1S/C55H35NO/c1-4-14-36(15-5-1)39-24-28-43-44-29-25-40(37-16-6-2-7-17-37)33-48(44)55(47(43)32-39)49-34-41(38-18-8-3-9-19-38)26-30-45(49)46-31-27-42(35-50(46)55)56-51-20-10-12-22-53(51)57-54-23-13-11-21-52(54)56/h1-35H. The van der Waals surface area contributed by atoms with Crippen LogP contribution in [0, 0.1) is 0 Å². The molecule has 9 aromatic carbocycles. The predicted molar refractivity (Wildman–Crippen MR) is 234 cm³/mol. The van der Waals surface area contributed by atoms with Crippen LogP contribution in [0.4, 0.5) is 17.1 Å². The van der Waals surface area contributed by atoms with Crippen molar-refractivity contribution in [1.82, 2.24) is 0 Å². The first kappa shape index (κ1) is 31.9. The van der Waals surface area contributed by atoms with E-state index in [-0.39, 0.29) is 0 Å². The fourth-order valence-corrected chi connectivity index (χ4v) is 9.77. The van der Waals surface area contributed by atoms with Gasteiger partial charge in [-0.25, -0.2) is 0 Å². The SMILES string of the molecule is c1ccc(-c2ccc3c(c2)C2(c4cc(-c5ccccc5)ccc4-3)c3cc(-c4ccccc4)ccc3-c3ccc(N4c5ccccc5Oc5ccccc54)cc32)cc1. The van der Waals surface area contributed by atoms with Gasteiger partial charge in [-0.3, -0.25) is 0 Å². The summed E-state index contributed by atoms with van der Waals surface area (Å²) in [6.45, 7) is 0. The van der Waals surface area contributed by atoms with Crippen molar-refractivity contribution in [2.24, 2.45) is 0 Å². The first-order valence-corrected chi connectivity index (χ1v) is 19.7. The Kier molecular flexibility index (Phi) is 6.88. The molecule has 2 heteroatoms. The van der Waals surface area contributed by atoms with Crippen molar-refractivity contribution in [3.63, 3.8) is 0 Å². The Labute approximate surface area is 332 Å². The Morgan fingerprint density at radius 3 is 1.07 bits per heavy atom. The molecule has 0 unspecified atom stereocenters. The van der Waals surface area contributed by atoms with Gasteiger partial charge < -0.3 is 9.64 Å². The molecule has 2 aliphatic carbocycles. The molecule has 0 fully saturated rings. The maximum atomic E-state index is 6.48. The van der Waals surface area contributed by atoms with Gasteiger partial charge >= 0.3 is 0 Å². The Hall–Kier alpha value is -7.42. The molecule has 1 aliphatic heterocycles. The lowest BCUT2D eigenvalue weighted by Crippen LogP contribution is -2.26. The first-order valence-electron chi connectivity index (χ1n) is 19.7. The van der Waals surface area contributed by atoms with E-state index in [4.69, 9.17) is 4.74 Å². The van der Waals surface area contributed by atoms with Crippen molar-refractivity contribution in [2.45, 2.75) is 5.41 Å². The highest BCUT2D eigenvalue weighted by atomic mass is 16.5. The molecule has 0 saturated heterocycles. The van der Waals surface area contributed by atoms with E-state index in [0.29, 0.717) is 0 Å². The number of ether oxygens (including phenoxy) is 1. The molecule has 0 amide bonds. The first-order chi connectivity index (χ1) is 28.3. The summed E-state index contributed by atoms with van der Waals surface area (Å²) < 4.78 is 6.48. The molecule has 0 N–H and O–H groups in total. The van der Waals surface area contributed by atoms with Crippen LogP contribution in [0.2, 0.25) is 0 Å². The summed E-state index contributed by atoms with van der Waals surface area (Å²) in [6.07, 6.45) is 0. The van der Waals surface area contributed by atoms with E-state index < -0.39 is 5.41 Å². The lowest BCUT2D eigenvalue weighted by molar-refractivity contribution is 0.477. The highest BCUT2D eigenvalue weighted by Gasteiger charge is 2.52. The average molecular weight is 726 g/mol. The summed E-state index contributed by atoms with van der Waals surface area (Å²) >= 11 is 0. The number of hydrogen-bond donors (Lipinski definition) is 0. The largest absolute Gasteiger partial charge is 0.453 e. The minimum Gasteiger partial charge on any atom is -0.453 e. The zero-order chi connectivity index (χ0) is 37.5. The molecular weight excluding hydrogens is 691 g/mol. The Morgan fingerprint density at radius 2 is 0.649 bits per heavy atom. The molecule has 3 aliphatic rings. The van der Waals surface area contributed by atoms with E-state index >= 15 is 0 Å². The fraction of sp³-hybridized carbons (Fsp3) is 0.0182. The van der Waals surface area contributed by atoms with E-state index in [2.05, 4.69) is 205 Å². The third-order valence-corrected chi connectivity index (χ3v) is 12.3. The Bertz CT molecular complexity index is 2830. The lowest BCUT2D eigenvalue weighted by atomic mass is 9.69. The molecule has 1 spiro atoms. The fourth-order valence-electron chi connectivity index (χ4n) is 9.77. The Morgan fingerprint density at radius 1 is 0.298 bits per heavy atom. The van der Waals surface area contributed by atoms with Crippen LogP contribution in [0.1, 0.15) is 22.3 Å². The maximum Gasteiger partial charge on any atom is 0.151 e. The van der Waals surface area contributed by atoms with E-state index in [1.807, 2.05) is 12.1 Å². The minimum atomic E-state index is -0.600. The van der Waals surface area contributed by atoms with Crippen molar-refractivity contribution in [1.29, 1.82) is 0 Å². The van der Waals surface area contributed by atoms with Crippen LogP contribution in [0.15, 0.2) is 212 Å². The lowest BCUT2D eigenvalue weighted by Gasteiger charge is -2.35. The molecule has 9 aromatic rings. The van der Waals surface area contributed by atoms with Crippen LogP contribution in [-0.2, 0) is 5.41 Å². The molecular formula is C55H35NO. The van der Waals surface area contributed by atoms with Gasteiger partial charge in [-0.05, 0) is 132 Å². The van der Waals surface area contributed by atoms with Crippen LogP contribution in [-0.4, -0.2) is 0 Å². The Balaban J connectivity index is 1.19. The normalized spacial score (nSPS) is 13.5. The molecule has 0 radical (unpaired) electrons. The summed E-state index contributed by atoms with van der Waals surface area (Å²) in [5.74, 6) is 1.69. The third-order valence-electron chi connectivity index (χ3n) is 12.3. The summed E-state index contributed by atoms with van der Waals surface area (Å²) in [4.78, 5) is 2.37. The highest BCUT2D eigenvalue weighted by Crippen LogP contribution is 2.65. The van der Waals surface area contributed by atoms with Gasteiger partial charge in [-0.1, -0.05) is 158 Å². The number of para-hydroxylation sites is 4. The third kappa shape index (κ3) is 4.65. The van der Waals surface area contributed by atoms with Crippen molar-refractivity contribution >= 4 is 17.1 Å². The van der Waals surface area contributed by atoms with Crippen molar-refractivity contribution < 1.29 is 4.74 Å². The van der Waals surface area contributed by atoms with Crippen molar-refractivity contribution in [2.75, 3.05) is 4.90 Å². The van der Waals surface area contributed by atoms with E-state index in [0.717, 1.165) is 28.6 Å². The zero-order valence-electron chi connectivity index (χ0n) is 31.1. The quantitative estimate of drug-likeness (QED) is 0.179. The molecule has 1 heterocycles. The second-order valence-electron chi connectivity index (χ2n) is 15.2. The number of fused-ring (bicyclic) bond motifs is 12. The summed E-state index contributed by atoms with van der Waals surface area (Å²) in [5, 5.41) is 0. The van der Waals surface area contributed by atoms with Gasteiger partial charge in [0.15, 0.2) is 11.5 Å². The van der Waals surface area contributed by atoms with Gasteiger partial charge in [0.2, 0.25) is 0 Å². The van der Waals surface area contributed by atoms with Crippen LogP contribution in [0.3, 0.4) is 0 Å². The number of nitrogens with zero attached hydrogens (tertiary/aromatic N) is 1. The molecule has 0 atom stereocenters. The molecule has 0 aromatic heterocycles. The number of rotatable bonds is 4. The second kappa shape index (κ2) is 12.3. The van der Waals surface area contributed by atoms with Gasteiger partial charge in [-0.2, -0.15) is 0 Å². The predicted octanol–water partition coefficient (Wildman–Crippen LogP) is 14.6. The molecule has 266 valence electrons.